The van der Waals surface area contributed by atoms with Crippen LogP contribution in [0.3, 0.4) is 0 Å². The second-order valence-electron chi connectivity index (χ2n) is 5.37. The van der Waals surface area contributed by atoms with Crippen LogP contribution in [0, 0.1) is 0 Å². The van der Waals surface area contributed by atoms with Crippen molar-refractivity contribution in [2.24, 2.45) is 0 Å². The summed E-state index contributed by atoms with van der Waals surface area (Å²) in [5.74, 6) is -0.000743. The van der Waals surface area contributed by atoms with E-state index in [1.165, 1.54) is 6.07 Å². The molecule has 0 aromatic carbocycles. The Morgan fingerprint density at radius 3 is 2.85 bits per heavy atom. The van der Waals surface area contributed by atoms with Gasteiger partial charge in [0.25, 0.3) is 5.56 Å². The summed E-state index contributed by atoms with van der Waals surface area (Å²) in [5.41, 5.74) is 0.199. The number of hydrogen-bond donors (Lipinski definition) is 2. The quantitative estimate of drug-likeness (QED) is 0.861. The number of carbonyl (C=O) groups is 1. The largest absolute Gasteiger partial charge is 0.323 e. The molecule has 0 saturated carbocycles. The van der Waals surface area contributed by atoms with Crippen LogP contribution in [-0.4, -0.2) is 22.6 Å². The van der Waals surface area contributed by atoms with Crippen LogP contribution < -0.4 is 16.2 Å². The standard InChI is InChI=1S/C15H23N3O2/c1-3-10-18-11-12(6-7-13(18)19)17-14(20)15(4-2)8-5-9-16-15/h6-7,11,16H,3-5,8-10H2,1-2H3,(H,17,20). The van der Waals surface area contributed by atoms with Crippen molar-refractivity contribution in [3.05, 3.63) is 28.7 Å². The molecule has 110 valence electrons. The number of rotatable bonds is 5. The second kappa shape index (κ2) is 6.22. The average Bonchev–Trinajstić information content (AvgIpc) is 2.93. The number of hydrogen-bond acceptors (Lipinski definition) is 3. The number of aryl methyl sites for hydroxylation is 1. The maximum absolute atomic E-state index is 12.5. The zero-order valence-corrected chi connectivity index (χ0v) is 12.2. The molecule has 20 heavy (non-hydrogen) atoms. The summed E-state index contributed by atoms with van der Waals surface area (Å²) >= 11 is 0. The third kappa shape index (κ3) is 2.93. The van der Waals surface area contributed by atoms with E-state index in [4.69, 9.17) is 0 Å². The lowest BCUT2D eigenvalue weighted by Crippen LogP contribution is -2.50. The Morgan fingerprint density at radius 1 is 1.45 bits per heavy atom. The monoisotopic (exact) mass is 277 g/mol. The number of carbonyl (C=O) groups excluding carboxylic acids is 1. The lowest BCUT2D eigenvalue weighted by atomic mass is 9.93. The van der Waals surface area contributed by atoms with E-state index in [1.54, 1.807) is 16.8 Å². The highest BCUT2D eigenvalue weighted by Crippen LogP contribution is 2.24. The highest BCUT2D eigenvalue weighted by atomic mass is 16.2. The predicted molar refractivity (Wildman–Crippen MR) is 79.9 cm³/mol. The lowest BCUT2D eigenvalue weighted by Gasteiger charge is -2.26. The van der Waals surface area contributed by atoms with Gasteiger partial charge in [-0.25, -0.2) is 0 Å². The Morgan fingerprint density at radius 2 is 2.25 bits per heavy atom. The Hall–Kier alpha value is -1.62. The summed E-state index contributed by atoms with van der Waals surface area (Å²) in [7, 11) is 0. The van der Waals surface area contributed by atoms with Crippen LogP contribution in [0.2, 0.25) is 0 Å². The molecular weight excluding hydrogens is 254 g/mol. The molecule has 5 heteroatoms. The number of aromatic nitrogens is 1. The molecule has 1 saturated heterocycles. The molecule has 2 heterocycles. The van der Waals surface area contributed by atoms with Gasteiger partial charge in [0.15, 0.2) is 0 Å². The van der Waals surface area contributed by atoms with E-state index >= 15 is 0 Å². The third-order valence-electron chi connectivity index (χ3n) is 3.99. The van der Waals surface area contributed by atoms with E-state index in [0.29, 0.717) is 12.2 Å². The van der Waals surface area contributed by atoms with Gasteiger partial charge in [0.1, 0.15) is 0 Å². The molecule has 0 aliphatic carbocycles. The molecule has 0 radical (unpaired) electrons. The Labute approximate surface area is 119 Å². The Kier molecular flexibility index (Phi) is 4.60. The summed E-state index contributed by atoms with van der Waals surface area (Å²) in [6, 6.07) is 3.18. The molecule has 1 aromatic heterocycles. The van der Waals surface area contributed by atoms with Gasteiger partial charge in [0.2, 0.25) is 5.91 Å². The number of nitrogens with zero attached hydrogens (tertiary/aromatic N) is 1. The predicted octanol–water partition coefficient (Wildman–Crippen LogP) is 1.73. The van der Waals surface area contributed by atoms with Crippen LogP contribution in [0.1, 0.15) is 39.5 Å². The summed E-state index contributed by atoms with van der Waals surface area (Å²) < 4.78 is 1.64. The highest BCUT2D eigenvalue weighted by molar-refractivity contribution is 5.98. The second-order valence-corrected chi connectivity index (χ2v) is 5.37. The highest BCUT2D eigenvalue weighted by Gasteiger charge is 2.39. The zero-order valence-electron chi connectivity index (χ0n) is 12.2. The minimum atomic E-state index is -0.453. The van der Waals surface area contributed by atoms with Gasteiger partial charge >= 0.3 is 0 Å². The molecule has 1 aliphatic rings. The molecule has 2 rings (SSSR count). The first-order valence-corrected chi connectivity index (χ1v) is 7.38. The molecule has 1 atom stereocenters. The molecule has 1 aliphatic heterocycles. The fraction of sp³-hybridized carbons (Fsp3) is 0.600. The van der Waals surface area contributed by atoms with Crippen molar-refractivity contribution >= 4 is 11.6 Å². The average molecular weight is 277 g/mol. The van der Waals surface area contributed by atoms with Crippen molar-refractivity contribution in [2.75, 3.05) is 11.9 Å². The summed E-state index contributed by atoms with van der Waals surface area (Å²) in [6.07, 6.45) is 5.27. The molecule has 1 fully saturated rings. The lowest BCUT2D eigenvalue weighted by molar-refractivity contribution is -0.122. The summed E-state index contributed by atoms with van der Waals surface area (Å²) in [4.78, 5) is 24.1. The Bertz CT molecular complexity index is 530. The minimum absolute atomic E-state index is 0.000743. The topological polar surface area (TPSA) is 63.1 Å². The van der Waals surface area contributed by atoms with Gasteiger partial charge in [-0.2, -0.15) is 0 Å². The first kappa shape index (κ1) is 14.8. The maximum atomic E-state index is 12.5. The van der Waals surface area contributed by atoms with Crippen molar-refractivity contribution in [1.82, 2.24) is 9.88 Å². The summed E-state index contributed by atoms with van der Waals surface area (Å²) in [5, 5.41) is 6.25. The van der Waals surface area contributed by atoms with E-state index in [2.05, 4.69) is 10.6 Å². The molecule has 1 amide bonds. The molecule has 0 spiro atoms. The van der Waals surface area contributed by atoms with E-state index in [9.17, 15) is 9.59 Å². The number of amides is 1. The SMILES string of the molecule is CCCn1cc(NC(=O)C2(CC)CCCN2)ccc1=O. The van der Waals surface area contributed by atoms with Gasteiger partial charge in [-0.15, -0.1) is 0 Å². The first-order valence-electron chi connectivity index (χ1n) is 7.38. The third-order valence-corrected chi connectivity index (χ3v) is 3.99. The fourth-order valence-corrected chi connectivity index (χ4v) is 2.73. The van der Waals surface area contributed by atoms with E-state index in [1.807, 2.05) is 13.8 Å². The van der Waals surface area contributed by atoms with Crippen molar-refractivity contribution in [2.45, 2.75) is 51.6 Å². The van der Waals surface area contributed by atoms with Crippen molar-refractivity contribution in [3.8, 4) is 0 Å². The van der Waals surface area contributed by atoms with Gasteiger partial charge < -0.3 is 15.2 Å². The smallest absolute Gasteiger partial charge is 0.250 e. The normalized spacial score (nSPS) is 21.9. The first-order chi connectivity index (χ1) is 9.61. The minimum Gasteiger partial charge on any atom is -0.323 e. The molecular formula is C15H23N3O2. The number of anilines is 1. The molecule has 0 bridgehead atoms. The van der Waals surface area contributed by atoms with Gasteiger partial charge in [-0.05, 0) is 38.3 Å². The molecule has 1 unspecified atom stereocenters. The maximum Gasteiger partial charge on any atom is 0.250 e. The van der Waals surface area contributed by atoms with Crippen LogP contribution in [-0.2, 0) is 11.3 Å². The van der Waals surface area contributed by atoms with E-state index in [-0.39, 0.29) is 11.5 Å². The van der Waals surface area contributed by atoms with Gasteiger partial charge in [-0.1, -0.05) is 13.8 Å². The van der Waals surface area contributed by atoms with E-state index in [0.717, 1.165) is 32.2 Å². The molecule has 5 nitrogen and oxygen atoms in total. The van der Waals surface area contributed by atoms with Crippen LogP contribution in [0.15, 0.2) is 23.1 Å². The van der Waals surface area contributed by atoms with Crippen molar-refractivity contribution in [3.63, 3.8) is 0 Å². The number of pyridine rings is 1. The van der Waals surface area contributed by atoms with Crippen LogP contribution in [0.25, 0.3) is 0 Å². The molecule has 1 aromatic rings. The van der Waals surface area contributed by atoms with Crippen molar-refractivity contribution < 1.29 is 4.79 Å². The van der Waals surface area contributed by atoms with Crippen LogP contribution in [0.5, 0.6) is 0 Å². The van der Waals surface area contributed by atoms with Gasteiger partial charge in [0.05, 0.1) is 11.2 Å². The van der Waals surface area contributed by atoms with Crippen LogP contribution >= 0.6 is 0 Å². The number of nitrogens with one attached hydrogen (secondary N) is 2. The zero-order chi connectivity index (χ0) is 14.6. The summed E-state index contributed by atoms with van der Waals surface area (Å²) in [6.45, 7) is 5.60. The molecule has 2 N–H and O–H groups in total. The van der Waals surface area contributed by atoms with Crippen LogP contribution in [0.4, 0.5) is 5.69 Å². The van der Waals surface area contributed by atoms with E-state index < -0.39 is 5.54 Å². The fourth-order valence-electron chi connectivity index (χ4n) is 2.73. The Balaban J connectivity index is 2.15. The van der Waals surface area contributed by atoms with Gasteiger partial charge in [0, 0.05) is 18.8 Å². The van der Waals surface area contributed by atoms with Gasteiger partial charge in [-0.3, -0.25) is 9.59 Å². The van der Waals surface area contributed by atoms with Crippen molar-refractivity contribution in [1.29, 1.82) is 0 Å².